The summed E-state index contributed by atoms with van der Waals surface area (Å²) >= 11 is 0. The Bertz CT molecular complexity index is 567. The van der Waals surface area contributed by atoms with Gasteiger partial charge in [-0.15, -0.1) is 0 Å². The van der Waals surface area contributed by atoms with Crippen LogP contribution in [0.1, 0.15) is 49.3 Å². The summed E-state index contributed by atoms with van der Waals surface area (Å²) in [6.45, 7) is 2.04. The molecule has 1 fully saturated rings. The molecule has 98 valence electrons. The van der Waals surface area contributed by atoms with Crippen molar-refractivity contribution in [1.82, 2.24) is 0 Å². The predicted octanol–water partition coefficient (Wildman–Crippen LogP) is 4.64. The topological polar surface area (TPSA) is 26.0 Å². The summed E-state index contributed by atoms with van der Waals surface area (Å²) in [5.74, 6) is 0.759. The maximum absolute atomic E-state index is 6.00. The van der Waals surface area contributed by atoms with Gasteiger partial charge in [0.1, 0.15) is 0 Å². The number of nitrogens with two attached hydrogens (primary N) is 1. The van der Waals surface area contributed by atoms with Gasteiger partial charge in [-0.25, -0.2) is 0 Å². The number of rotatable bonds is 3. The van der Waals surface area contributed by atoms with Gasteiger partial charge in [0.15, 0.2) is 0 Å². The van der Waals surface area contributed by atoms with E-state index in [0.717, 1.165) is 5.92 Å². The van der Waals surface area contributed by atoms with Gasteiger partial charge in [0.05, 0.1) is 0 Å². The van der Waals surface area contributed by atoms with Crippen molar-refractivity contribution in [2.24, 2.45) is 5.73 Å². The standard InChI is InChI=1S/C18H21N/c1-13(19)15-8-5-9-16(12-15)18-11-3-2-10-17(18)14-6-4-7-14/h2-3,5,8-14H,4,6-7,19H2,1H3. The molecular weight excluding hydrogens is 230 g/mol. The summed E-state index contributed by atoms with van der Waals surface area (Å²) in [4.78, 5) is 0. The molecular formula is C18H21N. The fraction of sp³-hybridized carbons (Fsp3) is 0.333. The first-order valence-corrected chi connectivity index (χ1v) is 7.20. The van der Waals surface area contributed by atoms with E-state index in [4.69, 9.17) is 5.73 Å². The lowest BCUT2D eigenvalue weighted by molar-refractivity contribution is 0.420. The lowest BCUT2D eigenvalue weighted by Crippen LogP contribution is -2.10. The summed E-state index contributed by atoms with van der Waals surface area (Å²) in [6, 6.07) is 17.6. The monoisotopic (exact) mass is 251 g/mol. The van der Waals surface area contributed by atoms with Crippen LogP contribution in [-0.2, 0) is 0 Å². The molecule has 1 heteroatoms. The van der Waals surface area contributed by atoms with E-state index in [9.17, 15) is 0 Å². The molecule has 0 aliphatic heterocycles. The van der Waals surface area contributed by atoms with Crippen LogP contribution in [0, 0.1) is 0 Å². The van der Waals surface area contributed by atoms with Gasteiger partial charge in [-0.1, -0.05) is 48.9 Å². The molecule has 2 aromatic rings. The highest BCUT2D eigenvalue weighted by molar-refractivity contribution is 5.69. The first-order chi connectivity index (χ1) is 9.25. The molecule has 0 heterocycles. The molecule has 1 aliphatic rings. The summed E-state index contributed by atoms with van der Waals surface area (Å²) in [7, 11) is 0. The minimum Gasteiger partial charge on any atom is -0.324 e. The van der Waals surface area contributed by atoms with Crippen LogP contribution in [0.2, 0.25) is 0 Å². The molecule has 2 aromatic carbocycles. The van der Waals surface area contributed by atoms with Crippen LogP contribution in [-0.4, -0.2) is 0 Å². The largest absolute Gasteiger partial charge is 0.324 e. The lowest BCUT2D eigenvalue weighted by atomic mass is 9.77. The van der Waals surface area contributed by atoms with Gasteiger partial charge < -0.3 is 5.73 Å². The van der Waals surface area contributed by atoms with Gasteiger partial charge in [-0.3, -0.25) is 0 Å². The van der Waals surface area contributed by atoms with Crippen molar-refractivity contribution in [1.29, 1.82) is 0 Å². The van der Waals surface area contributed by atoms with Crippen LogP contribution < -0.4 is 5.73 Å². The third-order valence-corrected chi connectivity index (χ3v) is 4.23. The number of hydrogen-bond acceptors (Lipinski definition) is 1. The summed E-state index contributed by atoms with van der Waals surface area (Å²) < 4.78 is 0. The normalized spacial score (nSPS) is 16.9. The zero-order valence-electron chi connectivity index (χ0n) is 11.5. The van der Waals surface area contributed by atoms with E-state index in [0.29, 0.717) is 0 Å². The van der Waals surface area contributed by atoms with Crippen molar-refractivity contribution in [2.45, 2.75) is 38.1 Å². The maximum atomic E-state index is 6.00. The van der Waals surface area contributed by atoms with Crippen molar-refractivity contribution in [3.05, 3.63) is 59.7 Å². The van der Waals surface area contributed by atoms with Crippen LogP contribution >= 0.6 is 0 Å². The molecule has 0 radical (unpaired) electrons. The average molecular weight is 251 g/mol. The van der Waals surface area contributed by atoms with Crippen LogP contribution in [0.3, 0.4) is 0 Å². The molecule has 1 nitrogen and oxygen atoms in total. The SMILES string of the molecule is CC(N)c1cccc(-c2ccccc2C2CCC2)c1. The van der Waals surface area contributed by atoms with Crippen molar-refractivity contribution < 1.29 is 0 Å². The first kappa shape index (κ1) is 12.4. The second kappa shape index (κ2) is 5.18. The lowest BCUT2D eigenvalue weighted by Gasteiger charge is -2.28. The van der Waals surface area contributed by atoms with Crippen molar-refractivity contribution >= 4 is 0 Å². The Hall–Kier alpha value is -1.60. The number of hydrogen-bond donors (Lipinski definition) is 1. The summed E-state index contributed by atoms with van der Waals surface area (Å²) in [5, 5.41) is 0. The Labute approximate surface area is 115 Å². The van der Waals surface area contributed by atoms with Gasteiger partial charge >= 0.3 is 0 Å². The van der Waals surface area contributed by atoms with E-state index < -0.39 is 0 Å². The zero-order chi connectivity index (χ0) is 13.2. The third-order valence-electron chi connectivity index (χ3n) is 4.23. The summed E-state index contributed by atoms with van der Waals surface area (Å²) in [5.41, 5.74) is 11.4. The highest BCUT2D eigenvalue weighted by Crippen LogP contribution is 2.41. The molecule has 0 spiro atoms. The second-order valence-corrected chi connectivity index (χ2v) is 5.63. The minimum absolute atomic E-state index is 0.0933. The highest BCUT2D eigenvalue weighted by Gasteiger charge is 2.22. The molecule has 2 N–H and O–H groups in total. The molecule has 3 rings (SSSR count). The maximum Gasteiger partial charge on any atom is 0.0266 e. The Morgan fingerprint density at radius 1 is 1.05 bits per heavy atom. The van der Waals surface area contributed by atoms with Gasteiger partial charge in [-0.05, 0) is 54.0 Å². The second-order valence-electron chi connectivity index (χ2n) is 5.63. The van der Waals surface area contributed by atoms with Crippen LogP contribution in [0.5, 0.6) is 0 Å². The van der Waals surface area contributed by atoms with Crippen molar-refractivity contribution in [3.63, 3.8) is 0 Å². The molecule has 1 aliphatic carbocycles. The molecule has 19 heavy (non-hydrogen) atoms. The third kappa shape index (κ3) is 2.43. The van der Waals surface area contributed by atoms with E-state index in [1.165, 1.54) is 41.5 Å². The molecule has 1 unspecified atom stereocenters. The van der Waals surface area contributed by atoms with E-state index >= 15 is 0 Å². The van der Waals surface area contributed by atoms with E-state index in [1.807, 2.05) is 6.92 Å². The minimum atomic E-state index is 0.0933. The predicted molar refractivity (Wildman–Crippen MR) is 81.1 cm³/mol. The first-order valence-electron chi connectivity index (χ1n) is 7.20. The Balaban J connectivity index is 2.03. The van der Waals surface area contributed by atoms with Crippen molar-refractivity contribution in [3.8, 4) is 11.1 Å². The molecule has 0 saturated heterocycles. The quantitative estimate of drug-likeness (QED) is 0.845. The molecule has 0 bridgehead atoms. The highest BCUT2D eigenvalue weighted by atomic mass is 14.6. The molecule has 1 saturated carbocycles. The van der Waals surface area contributed by atoms with Crippen molar-refractivity contribution in [2.75, 3.05) is 0 Å². The molecule has 0 aromatic heterocycles. The van der Waals surface area contributed by atoms with Gasteiger partial charge in [-0.2, -0.15) is 0 Å². The number of benzene rings is 2. The fourth-order valence-electron chi connectivity index (χ4n) is 2.82. The van der Waals surface area contributed by atoms with E-state index in [-0.39, 0.29) is 6.04 Å². The van der Waals surface area contributed by atoms with E-state index in [1.54, 1.807) is 0 Å². The van der Waals surface area contributed by atoms with Crippen LogP contribution in [0.25, 0.3) is 11.1 Å². The zero-order valence-corrected chi connectivity index (χ0v) is 11.5. The summed E-state index contributed by atoms with van der Waals surface area (Å²) in [6.07, 6.45) is 4.05. The van der Waals surface area contributed by atoms with Gasteiger partial charge in [0.25, 0.3) is 0 Å². The average Bonchev–Trinajstić information content (AvgIpc) is 2.37. The van der Waals surface area contributed by atoms with Crippen LogP contribution in [0.15, 0.2) is 48.5 Å². The Morgan fingerprint density at radius 2 is 1.84 bits per heavy atom. The van der Waals surface area contributed by atoms with Crippen LogP contribution in [0.4, 0.5) is 0 Å². The Morgan fingerprint density at radius 3 is 2.53 bits per heavy atom. The van der Waals surface area contributed by atoms with Gasteiger partial charge in [0.2, 0.25) is 0 Å². The van der Waals surface area contributed by atoms with Gasteiger partial charge in [0, 0.05) is 6.04 Å². The Kier molecular flexibility index (Phi) is 3.39. The molecule has 0 amide bonds. The molecule has 1 atom stereocenters. The smallest absolute Gasteiger partial charge is 0.0266 e. The van der Waals surface area contributed by atoms with E-state index in [2.05, 4.69) is 48.5 Å². The fourth-order valence-corrected chi connectivity index (χ4v) is 2.82.